The van der Waals surface area contributed by atoms with Gasteiger partial charge in [-0.25, -0.2) is 8.42 Å². The third-order valence-corrected chi connectivity index (χ3v) is 7.35. The van der Waals surface area contributed by atoms with Crippen molar-refractivity contribution in [3.05, 3.63) is 65.9 Å². The highest BCUT2D eigenvalue weighted by atomic mass is 32.2. The SMILES string of the molecule is CCOc1ccc(-c2cc(C(=O)N(Cc3ccc(OC)cc3)[C@H]3CCS(=O)(=O)C3)no2)cc1. The standard InChI is InChI=1S/C24H26N2O6S/c1-3-31-21-10-6-18(7-11-21)23-14-22(25-32-23)24(27)26(19-12-13-33(28,29)16-19)15-17-4-8-20(30-2)9-5-17/h4-11,14,19H,3,12-13,15-16H2,1-2H3/t19-/m0/s1. The molecule has 0 radical (unpaired) electrons. The molecule has 1 atom stereocenters. The van der Waals surface area contributed by atoms with Gasteiger partial charge in [-0.05, 0) is 55.3 Å². The lowest BCUT2D eigenvalue weighted by molar-refractivity contribution is 0.0670. The summed E-state index contributed by atoms with van der Waals surface area (Å²) in [5, 5.41) is 3.98. The van der Waals surface area contributed by atoms with E-state index in [2.05, 4.69) is 5.16 Å². The number of sulfone groups is 1. The van der Waals surface area contributed by atoms with E-state index in [1.807, 2.05) is 55.5 Å². The van der Waals surface area contributed by atoms with E-state index in [1.54, 1.807) is 18.1 Å². The molecule has 0 spiro atoms. The Morgan fingerprint density at radius 3 is 2.42 bits per heavy atom. The average molecular weight is 471 g/mol. The molecule has 9 heteroatoms. The molecule has 0 N–H and O–H groups in total. The van der Waals surface area contributed by atoms with Crippen molar-refractivity contribution >= 4 is 15.7 Å². The first-order valence-electron chi connectivity index (χ1n) is 10.7. The Morgan fingerprint density at radius 1 is 1.12 bits per heavy atom. The second kappa shape index (κ2) is 9.66. The zero-order valence-electron chi connectivity index (χ0n) is 18.6. The molecular formula is C24H26N2O6S. The molecule has 1 aliphatic rings. The fourth-order valence-corrected chi connectivity index (χ4v) is 5.59. The predicted octanol–water partition coefficient (Wildman–Crippen LogP) is 3.58. The molecule has 0 unspecified atom stereocenters. The van der Waals surface area contributed by atoms with Crippen molar-refractivity contribution in [3.8, 4) is 22.8 Å². The van der Waals surface area contributed by atoms with Gasteiger partial charge in [-0.1, -0.05) is 17.3 Å². The van der Waals surface area contributed by atoms with Crippen molar-refractivity contribution in [1.29, 1.82) is 0 Å². The van der Waals surface area contributed by atoms with Crippen molar-refractivity contribution in [2.24, 2.45) is 0 Å². The van der Waals surface area contributed by atoms with Gasteiger partial charge in [-0.2, -0.15) is 0 Å². The molecule has 1 saturated heterocycles. The number of hydrogen-bond acceptors (Lipinski definition) is 7. The van der Waals surface area contributed by atoms with E-state index in [9.17, 15) is 13.2 Å². The number of rotatable bonds is 8. The van der Waals surface area contributed by atoms with Gasteiger partial charge >= 0.3 is 0 Å². The Labute approximate surface area is 193 Å². The average Bonchev–Trinajstić information content (AvgIpc) is 3.45. The van der Waals surface area contributed by atoms with Crippen LogP contribution in [0, 0.1) is 0 Å². The largest absolute Gasteiger partial charge is 0.497 e. The number of carbonyl (C=O) groups is 1. The van der Waals surface area contributed by atoms with Crippen LogP contribution in [0.1, 0.15) is 29.4 Å². The first-order valence-corrected chi connectivity index (χ1v) is 12.5. The van der Waals surface area contributed by atoms with Crippen molar-refractivity contribution < 1.29 is 27.2 Å². The van der Waals surface area contributed by atoms with Crippen LogP contribution in [-0.4, -0.2) is 55.6 Å². The zero-order valence-corrected chi connectivity index (χ0v) is 19.4. The summed E-state index contributed by atoms with van der Waals surface area (Å²) < 4.78 is 40.3. The summed E-state index contributed by atoms with van der Waals surface area (Å²) in [6.45, 7) is 2.74. The lowest BCUT2D eigenvalue weighted by Crippen LogP contribution is -2.40. The minimum Gasteiger partial charge on any atom is -0.497 e. The molecule has 1 aromatic heterocycles. The number of amides is 1. The summed E-state index contributed by atoms with van der Waals surface area (Å²) in [4.78, 5) is 15.0. The fraction of sp³-hybridized carbons (Fsp3) is 0.333. The second-order valence-corrected chi connectivity index (χ2v) is 10.1. The maximum Gasteiger partial charge on any atom is 0.276 e. The van der Waals surface area contributed by atoms with Crippen LogP contribution in [0.3, 0.4) is 0 Å². The van der Waals surface area contributed by atoms with Crippen molar-refractivity contribution in [1.82, 2.24) is 10.1 Å². The van der Waals surface area contributed by atoms with Crippen LogP contribution in [-0.2, 0) is 16.4 Å². The molecule has 1 amide bonds. The quantitative estimate of drug-likeness (QED) is 0.496. The topological polar surface area (TPSA) is 98.9 Å². The smallest absolute Gasteiger partial charge is 0.276 e. The summed E-state index contributed by atoms with van der Waals surface area (Å²) in [5.74, 6) is 1.54. The molecular weight excluding hydrogens is 444 g/mol. The Balaban J connectivity index is 1.58. The zero-order chi connectivity index (χ0) is 23.4. The Bertz CT molecular complexity index is 1200. The van der Waals surface area contributed by atoms with E-state index in [1.165, 1.54) is 0 Å². The molecule has 8 nitrogen and oxygen atoms in total. The predicted molar refractivity (Wildman–Crippen MR) is 123 cm³/mol. The summed E-state index contributed by atoms with van der Waals surface area (Å²) in [7, 11) is -1.59. The molecule has 33 heavy (non-hydrogen) atoms. The Kier molecular flexibility index (Phi) is 6.69. The van der Waals surface area contributed by atoms with Crippen LogP contribution in [0.2, 0.25) is 0 Å². The van der Waals surface area contributed by atoms with Gasteiger partial charge < -0.3 is 18.9 Å². The number of ether oxygens (including phenoxy) is 2. The van der Waals surface area contributed by atoms with Gasteiger partial charge in [0, 0.05) is 24.2 Å². The monoisotopic (exact) mass is 470 g/mol. The lowest BCUT2D eigenvalue weighted by Gasteiger charge is -2.27. The van der Waals surface area contributed by atoms with Crippen LogP contribution in [0.15, 0.2) is 59.1 Å². The van der Waals surface area contributed by atoms with Gasteiger partial charge in [0.2, 0.25) is 0 Å². The molecule has 2 heterocycles. The van der Waals surface area contributed by atoms with Crippen LogP contribution in [0.5, 0.6) is 11.5 Å². The van der Waals surface area contributed by atoms with E-state index in [4.69, 9.17) is 14.0 Å². The first kappa shape index (κ1) is 22.8. The summed E-state index contributed by atoms with van der Waals surface area (Å²) in [6, 6.07) is 15.8. The Hall–Kier alpha value is -3.33. The van der Waals surface area contributed by atoms with Crippen molar-refractivity contribution in [3.63, 3.8) is 0 Å². The van der Waals surface area contributed by atoms with Gasteiger partial charge in [0.05, 0.1) is 25.2 Å². The highest BCUT2D eigenvalue weighted by molar-refractivity contribution is 7.91. The van der Waals surface area contributed by atoms with Gasteiger partial charge in [-0.3, -0.25) is 4.79 Å². The summed E-state index contributed by atoms with van der Waals surface area (Å²) in [5.41, 5.74) is 1.76. The van der Waals surface area contributed by atoms with E-state index in [-0.39, 0.29) is 29.7 Å². The van der Waals surface area contributed by atoms with Gasteiger partial charge in [0.25, 0.3) is 5.91 Å². The second-order valence-electron chi connectivity index (χ2n) is 7.87. The third kappa shape index (κ3) is 5.36. The third-order valence-electron chi connectivity index (χ3n) is 5.60. The fourth-order valence-electron chi connectivity index (χ4n) is 3.86. The number of nitrogens with zero attached hydrogens (tertiary/aromatic N) is 2. The van der Waals surface area contributed by atoms with Crippen molar-refractivity contribution in [2.45, 2.75) is 25.9 Å². The molecule has 0 saturated carbocycles. The minimum absolute atomic E-state index is 0.0570. The molecule has 174 valence electrons. The summed E-state index contributed by atoms with van der Waals surface area (Å²) >= 11 is 0. The van der Waals surface area contributed by atoms with Crippen LogP contribution in [0.4, 0.5) is 0 Å². The maximum absolute atomic E-state index is 13.4. The molecule has 4 rings (SSSR count). The molecule has 0 bridgehead atoms. The maximum atomic E-state index is 13.4. The normalized spacial score (nSPS) is 17.0. The van der Waals surface area contributed by atoms with Crippen LogP contribution in [0.25, 0.3) is 11.3 Å². The van der Waals surface area contributed by atoms with Gasteiger partial charge in [0.1, 0.15) is 11.5 Å². The molecule has 1 fully saturated rings. The summed E-state index contributed by atoms with van der Waals surface area (Å²) in [6.07, 6.45) is 0.397. The Morgan fingerprint density at radius 2 is 1.82 bits per heavy atom. The number of methoxy groups -OCH3 is 1. The van der Waals surface area contributed by atoms with E-state index in [0.717, 1.165) is 16.9 Å². The van der Waals surface area contributed by atoms with Crippen molar-refractivity contribution in [2.75, 3.05) is 25.2 Å². The first-order chi connectivity index (χ1) is 15.9. The molecule has 3 aromatic rings. The van der Waals surface area contributed by atoms with E-state index >= 15 is 0 Å². The lowest BCUT2D eigenvalue weighted by atomic mass is 10.1. The number of hydrogen-bond donors (Lipinski definition) is 0. The minimum atomic E-state index is -3.18. The number of aromatic nitrogens is 1. The van der Waals surface area contributed by atoms with E-state index < -0.39 is 15.9 Å². The number of carbonyl (C=O) groups excluding carboxylic acids is 1. The van der Waals surface area contributed by atoms with Gasteiger partial charge in [0.15, 0.2) is 21.3 Å². The van der Waals surface area contributed by atoms with Crippen LogP contribution < -0.4 is 9.47 Å². The highest BCUT2D eigenvalue weighted by Gasteiger charge is 2.36. The number of benzene rings is 2. The molecule has 0 aliphatic carbocycles. The molecule has 2 aromatic carbocycles. The van der Waals surface area contributed by atoms with E-state index in [0.29, 0.717) is 24.5 Å². The van der Waals surface area contributed by atoms with Crippen LogP contribution >= 0.6 is 0 Å². The highest BCUT2D eigenvalue weighted by Crippen LogP contribution is 2.26. The molecule has 1 aliphatic heterocycles. The van der Waals surface area contributed by atoms with Gasteiger partial charge in [-0.15, -0.1) is 0 Å².